The van der Waals surface area contributed by atoms with E-state index in [4.69, 9.17) is 4.74 Å². The van der Waals surface area contributed by atoms with E-state index in [0.717, 1.165) is 5.56 Å². The Morgan fingerprint density at radius 1 is 1.27 bits per heavy atom. The largest absolute Gasteiger partial charge is 0.573 e. The zero-order chi connectivity index (χ0) is 11.5. The lowest BCUT2D eigenvalue weighted by atomic mass is 10.2. The van der Waals surface area contributed by atoms with E-state index < -0.39 is 6.36 Å². The minimum Gasteiger partial charge on any atom is -0.493 e. The first kappa shape index (κ1) is 11.7. The van der Waals surface area contributed by atoms with Crippen LogP contribution >= 0.6 is 0 Å². The summed E-state index contributed by atoms with van der Waals surface area (Å²) >= 11 is 0. The normalized spacial score (nSPS) is 11.3. The number of alkyl halides is 3. The van der Waals surface area contributed by atoms with Gasteiger partial charge in [0.05, 0.1) is 6.61 Å². The van der Waals surface area contributed by atoms with Gasteiger partial charge in [-0.15, -0.1) is 13.2 Å². The van der Waals surface area contributed by atoms with Crippen LogP contribution < -0.4 is 9.47 Å². The molecule has 0 aliphatic heterocycles. The van der Waals surface area contributed by atoms with Crippen LogP contribution in [0.25, 0.3) is 0 Å². The third-order valence-corrected chi connectivity index (χ3v) is 1.69. The predicted molar refractivity (Wildman–Crippen MR) is 49.0 cm³/mol. The summed E-state index contributed by atoms with van der Waals surface area (Å²) in [6, 6.07) is 4.00. The molecule has 0 unspecified atom stereocenters. The van der Waals surface area contributed by atoms with Crippen LogP contribution in [0, 0.1) is 6.92 Å². The highest BCUT2D eigenvalue weighted by Crippen LogP contribution is 2.28. The van der Waals surface area contributed by atoms with Gasteiger partial charge in [-0.3, -0.25) is 0 Å². The minimum atomic E-state index is -4.67. The fraction of sp³-hybridized carbons (Fsp3) is 0.400. The third kappa shape index (κ3) is 3.69. The summed E-state index contributed by atoms with van der Waals surface area (Å²) in [6.45, 7) is 3.91. The summed E-state index contributed by atoms with van der Waals surface area (Å²) in [5.41, 5.74) is 0.770. The van der Waals surface area contributed by atoms with Gasteiger partial charge in [0, 0.05) is 6.07 Å². The minimum absolute atomic E-state index is 0.267. The van der Waals surface area contributed by atoms with Crippen molar-refractivity contribution in [1.29, 1.82) is 0 Å². The maximum absolute atomic E-state index is 11.9. The lowest BCUT2D eigenvalue weighted by Gasteiger charge is -2.12. The Bertz CT molecular complexity index is 334. The quantitative estimate of drug-likeness (QED) is 0.778. The highest BCUT2D eigenvalue weighted by Gasteiger charge is 2.31. The molecule has 0 N–H and O–H groups in total. The van der Waals surface area contributed by atoms with Crippen molar-refractivity contribution in [2.24, 2.45) is 0 Å². The number of ether oxygens (including phenoxy) is 2. The van der Waals surface area contributed by atoms with Gasteiger partial charge in [0.2, 0.25) is 0 Å². The molecule has 84 valence electrons. The molecule has 0 radical (unpaired) electrons. The van der Waals surface area contributed by atoms with Gasteiger partial charge < -0.3 is 9.47 Å². The molecule has 1 aromatic carbocycles. The van der Waals surface area contributed by atoms with Crippen LogP contribution in [0.15, 0.2) is 18.2 Å². The fourth-order valence-corrected chi connectivity index (χ4v) is 1.09. The Hall–Kier alpha value is -1.39. The molecule has 0 aliphatic rings. The first-order chi connectivity index (χ1) is 6.92. The molecular formula is C10H11F3O2. The van der Waals surface area contributed by atoms with E-state index >= 15 is 0 Å². The summed E-state index contributed by atoms with van der Waals surface area (Å²) in [5.74, 6) is 0.135. The van der Waals surface area contributed by atoms with Crippen LogP contribution in [0.1, 0.15) is 12.5 Å². The zero-order valence-electron chi connectivity index (χ0n) is 8.39. The molecule has 0 aliphatic carbocycles. The highest BCUT2D eigenvalue weighted by molar-refractivity contribution is 5.39. The molecule has 0 atom stereocenters. The second-order valence-corrected chi connectivity index (χ2v) is 2.91. The Morgan fingerprint density at radius 3 is 2.47 bits per heavy atom. The SMILES string of the molecule is CCOc1cc(OC(F)(F)F)ccc1C. The van der Waals surface area contributed by atoms with Crippen molar-refractivity contribution in [2.45, 2.75) is 20.2 Å². The number of rotatable bonds is 3. The number of hydrogen-bond donors (Lipinski definition) is 0. The first-order valence-electron chi connectivity index (χ1n) is 4.41. The van der Waals surface area contributed by atoms with Gasteiger partial charge in [-0.2, -0.15) is 0 Å². The van der Waals surface area contributed by atoms with Crippen molar-refractivity contribution < 1.29 is 22.6 Å². The van der Waals surface area contributed by atoms with Crippen molar-refractivity contribution in [2.75, 3.05) is 6.61 Å². The Morgan fingerprint density at radius 2 is 1.93 bits per heavy atom. The van der Waals surface area contributed by atoms with E-state index in [-0.39, 0.29) is 5.75 Å². The van der Waals surface area contributed by atoms with Gasteiger partial charge in [-0.25, -0.2) is 0 Å². The number of benzene rings is 1. The molecule has 0 spiro atoms. The molecule has 0 saturated heterocycles. The Balaban J connectivity index is 2.87. The summed E-state index contributed by atoms with van der Waals surface area (Å²) in [5, 5.41) is 0. The van der Waals surface area contributed by atoms with Crippen molar-refractivity contribution in [3.8, 4) is 11.5 Å². The van der Waals surface area contributed by atoms with E-state index in [2.05, 4.69) is 4.74 Å². The third-order valence-electron chi connectivity index (χ3n) is 1.69. The molecule has 1 aromatic rings. The molecule has 5 heteroatoms. The molecule has 0 amide bonds. The molecular weight excluding hydrogens is 209 g/mol. The number of aryl methyl sites for hydroxylation is 1. The van der Waals surface area contributed by atoms with E-state index in [1.54, 1.807) is 13.8 Å². The predicted octanol–water partition coefficient (Wildman–Crippen LogP) is 3.29. The number of halogens is 3. The second-order valence-electron chi connectivity index (χ2n) is 2.91. The van der Waals surface area contributed by atoms with Gasteiger partial charge in [-0.05, 0) is 25.5 Å². The molecule has 0 saturated carbocycles. The van der Waals surface area contributed by atoms with Gasteiger partial charge in [-0.1, -0.05) is 6.07 Å². The smallest absolute Gasteiger partial charge is 0.493 e. The standard InChI is InChI=1S/C10H11F3O2/c1-3-14-9-6-8(5-4-7(9)2)15-10(11,12)13/h4-6H,3H2,1-2H3. The van der Waals surface area contributed by atoms with Gasteiger partial charge >= 0.3 is 6.36 Å². The molecule has 0 bridgehead atoms. The lowest BCUT2D eigenvalue weighted by molar-refractivity contribution is -0.274. The average Bonchev–Trinajstić information content (AvgIpc) is 2.09. The second kappa shape index (κ2) is 4.42. The van der Waals surface area contributed by atoms with Gasteiger partial charge in [0.15, 0.2) is 0 Å². The van der Waals surface area contributed by atoms with Crippen molar-refractivity contribution in [3.63, 3.8) is 0 Å². The topological polar surface area (TPSA) is 18.5 Å². The van der Waals surface area contributed by atoms with Gasteiger partial charge in [0.1, 0.15) is 11.5 Å². The van der Waals surface area contributed by atoms with Crippen LogP contribution in [-0.4, -0.2) is 13.0 Å². The molecule has 15 heavy (non-hydrogen) atoms. The highest BCUT2D eigenvalue weighted by atomic mass is 19.4. The fourth-order valence-electron chi connectivity index (χ4n) is 1.09. The molecule has 2 nitrogen and oxygen atoms in total. The van der Waals surface area contributed by atoms with Crippen molar-refractivity contribution in [3.05, 3.63) is 23.8 Å². The monoisotopic (exact) mass is 220 g/mol. The zero-order valence-corrected chi connectivity index (χ0v) is 8.39. The molecule has 0 fully saturated rings. The van der Waals surface area contributed by atoms with Crippen LogP contribution in [0.3, 0.4) is 0 Å². The molecule has 0 heterocycles. The summed E-state index contributed by atoms with van der Waals surface area (Å²) < 4.78 is 44.6. The van der Waals surface area contributed by atoms with E-state index in [1.807, 2.05) is 0 Å². The first-order valence-corrected chi connectivity index (χ1v) is 4.41. The van der Waals surface area contributed by atoms with Crippen molar-refractivity contribution >= 4 is 0 Å². The average molecular weight is 220 g/mol. The van der Waals surface area contributed by atoms with Crippen LogP contribution in [0.5, 0.6) is 11.5 Å². The van der Waals surface area contributed by atoms with Crippen LogP contribution in [-0.2, 0) is 0 Å². The maximum atomic E-state index is 11.9. The van der Waals surface area contributed by atoms with Crippen LogP contribution in [0.4, 0.5) is 13.2 Å². The lowest BCUT2D eigenvalue weighted by Crippen LogP contribution is -2.17. The number of hydrogen-bond acceptors (Lipinski definition) is 2. The Kier molecular flexibility index (Phi) is 3.44. The van der Waals surface area contributed by atoms with Gasteiger partial charge in [0.25, 0.3) is 0 Å². The van der Waals surface area contributed by atoms with Crippen molar-refractivity contribution in [1.82, 2.24) is 0 Å². The van der Waals surface area contributed by atoms with E-state index in [1.165, 1.54) is 18.2 Å². The molecule has 1 rings (SSSR count). The van der Waals surface area contributed by atoms with E-state index in [0.29, 0.717) is 12.4 Å². The molecule has 0 aromatic heterocycles. The summed E-state index contributed by atoms with van der Waals surface area (Å²) in [6.07, 6.45) is -4.67. The Labute approximate surface area is 85.6 Å². The van der Waals surface area contributed by atoms with Crippen LogP contribution in [0.2, 0.25) is 0 Å². The summed E-state index contributed by atoms with van der Waals surface area (Å²) in [7, 11) is 0. The van der Waals surface area contributed by atoms with E-state index in [9.17, 15) is 13.2 Å². The maximum Gasteiger partial charge on any atom is 0.573 e. The summed E-state index contributed by atoms with van der Waals surface area (Å²) in [4.78, 5) is 0.